The van der Waals surface area contributed by atoms with Crippen LogP contribution in [-0.4, -0.2) is 18.5 Å². The minimum Gasteiger partial charge on any atom is -0.452 e. The molecule has 0 radical (unpaired) electrons. The molecule has 2 aromatic carbocycles. The van der Waals surface area contributed by atoms with Crippen LogP contribution in [0.1, 0.15) is 5.56 Å². The Morgan fingerprint density at radius 1 is 0.958 bits per heavy atom. The summed E-state index contributed by atoms with van der Waals surface area (Å²) in [7, 11) is 0. The zero-order valence-corrected chi connectivity index (χ0v) is 14.5. The Morgan fingerprint density at radius 2 is 1.58 bits per heavy atom. The molecular weight excluding hydrogens is 373 g/mol. The fraction of sp³-hybridized carbons (Fsp3) is 0.0588. The van der Waals surface area contributed by atoms with E-state index in [9.17, 15) is 9.59 Å². The summed E-state index contributed by atoms with van der Waals surface area (Å²) in [5.74, 6) is -1.19. The van der Waals surface area contributed by atoms with E-state index in [0.717, 1.165) is 6.08 Å². The monoisotopic (exact) mass is 383 g/mol. The Bertz CT molecular complexity index is 770. The van der Waals surface area contributed by atoms with E-state index >= 15 is 0 Å². The van der Waals surface area contributed by atoms with Crippen LogP contribution in [0.15, 0.2) is 48.5 Å². The average Bonchev–Trinajstić information content (AvgIpc) is 2.54. The van der Waals surface area contributed by atoms with Crippen molar-refractivity contribution in [2.24, 2.45) is 0 Å². The number of carbonyl (C=O) groups is 2. The van der Waals surface area contributed by atoms with Gasteiger partial charge in [-0.05, 0) is 30.3 Å². The number of nitrogens with one attached hydrogen (secondary N) is 1. The van der Waals surface area contributed by atoms with Crippen LogP contribution in [0.25, 0.3) is 6.08 Å². The van der Waals surface area contributed by atoms with Gasteiger partial charge in [0.2, 0.25) is 0 Å². The van der Waals surface area contributed by atoms with Gasteiger partial charge in [-0.25, -0.2) is 4.79 Å². The number of carbonyl (C=O) groups excluding carboxylic acids is 2. The van der Waals surface area contributed by atoms with Gasteiger partial charge in [0, 0.05) is 21.7 Å². The van der Waals surface area contributed by atoms with E-state index in [2.05, 4.69) is 5.32 Å². The zero-order valence-electron chi connectivity index (χ0n) is 12.3. The van der Waals surface area contributed by atoms with Crippen LogP contribution in [-0.2, 0) is 14.3 Å². The Kier molecular flexibility index (Phi) is 6.67. The van der Waals surface area contributed by atoms with Crippen LogP contribution < -0.4 is 5.32 Å². The van der Waals surface area contributed by atoms with Crippen LogP contribution in [0.4, 0.5) is 5.69 Å². The molecule has 4 nitrogen and oxygen atoms in total. The maximum atomic E-state index is 11.7. The standard InChI is InChI=1S/C17H12Cl3NO3/c18-12-5-3-6-13(19)11(12)8-9-17(23)24-10-16(22)21-15-7-2-1-4-14(15)20/h1-9H,10H2,(H,21,22)/b9-8+. The quantitative estimate of drug-likeness (QED) is 0.592. The minimum atomic E-state index is -0.694. The molecule has 0 spiro atoms. The number of ether oxygens (including phenoxy) is 1. The number of esters is 1. The molecule has 1 N–H and O–H groups in total. The molecule has 0 aliphatic carbocycles. The van der Waals surface area contributed by atoms with Gasteiger partial charge in [0.15, 0.2) is 6.61 Å². The number of para-hydroxylation sites is 1. The van der Waals surface area contributed by atoms with Crippen molar-refractivity contribution in [1.29, 1.82) is 0 Å². The maximum Gasteiger partial charge on any atom is 0.331 e. The first-order valence-corrected chi connectivity index (χ1v) is 7.94. The fourth-order valence-corrected chi connectivity index (χ4v) is 2.46. The van der Waals surface area contributed by atoms with Crippen LogP contribution in [0.3, 0.4) is 0 Å². The van der Waals surface area contributed by atoms with Crippen molar-refractivity contribution in [3.05, 3.63) is 69.2 Å². The molecule has 0 heterocycles. The summed E-state index contributed by atoms with van der Waals surface area (Å²) in [6.07, 6.45) is 2.58. The number of halogens is 3. The summed E-state index contributed by atoms with van der Waals surface area (Å²) in [4.78, 5) is 23.4. The maximum absolute atomic E-state index is 11.7. The zero-order chi connectivity index (χ0) is 17.5. The van der Waals surface area contributed by atoms with Crippen LogP contribution in [0.5, 0.6) is 0 Å². The lowest BCUT2D eigenvalue weighted by molar-refractivity contribution is -0.142. The van der Waals surface area contributed by atoms with Gasteiger partial charge in [-0.1, -0.05) is 53.0 Å². The average molecular weight is 385 g/mol. The third-order valence-corrected chi connectivity index (χ3v) is 3.87. The second kappa shape index (κ2) is 8.73. The van der Waals surface area contributed by atoms with Crippen LogP contribution in [0.2, 0.25) is 15.1 Å². The second-order valence-electron chi connectivity index (χ2n) is 4.60. The normalized spacial score (nSPS) is 10.6. The van der Waals surface area contributed by atoms with Gasteiger partial charge in [-0.3, -0.25) is 4.79 Å². The number of amides is 1. The summed E-state index contributed by atoms with van der Waals surface area (Å²) in [6, 6.07) is 11.7. The van der Waals surface area contributed by atoms with Crippen molar-refractivity contribution in [3.63, 3.8) is 0 Å². The molecule has 2 aromatic rings. The van der Waals surface area contributed by atoms with E-state index < -0.39 is 18.5 Å². The number of anilines is 1. The first-order valence-electron chi connectivity index (χ1n) is 6.80. The van der Waals surface area contributed by atoms with E-state index in [4.69, 9.17) is 39.5 Å². The number of hydrogen-bond donors (Lipinski definition) is 1. The first kappa shape index (κ1) is 18.3. The molecule has 0 aliphatic rings. The molecule has 0 aliphatic heterocycles. The van der Waals surface area contributed by atoms with Gasteiger partial charge in [0.25, 0.3) is 5.91 Å². The SMILES string of the molecule is O=C(COC(=O)/C=C/c1c(Cl)cccc1Cl)Nc1ccccc1Cl. The Hall–Kier alpha value is -2.01. The van der Waals surface area contributed by atoms with Gasteiger partial charge in [-0.2, -0.15) is 0 Å². The predicted molar refractivity (Wildman–Crippen MR) is 96.5 cm³/mol. The molecule has 0 unspecified atom stereocenters. The van der Waals surface area contributed by atoms with Gasteiger partial charge in [0.05, 0.1) is 10.7 Å². The molecule has 0 bridgehead atoms. The van der Waals surface area contributed by atoms with Crippen LogP contribution in [0, 0.1) is 0 Å². The topological polar surface area (TPSA) is 55.4 Å². The number of benzene rings is 2. The number of hydrogen-bond acceptors (Lipinski definition) is 3. The molecule has 1 amide bonds. The van der Waals surface area contributed by atoms with Gasteiger partial charge in [0.1, 0.15) is 0 Å². The highest BCUT2D eigenvalue weighted by molar-refractivity contribution is 6.37. The van der Waals surface area contributed by atoms with Crippen molar-refractivity contribution in [3.8, 4) is 0 Å². The van der Waals surface area contributed by atoms with E-state index in [1.165, 1.54) is 6.08 Å². The summed E-state index contributed by atoms with van der Waals surface area (Å²) in [5.41, 5.74) is 0.942. The lowest BCUT2D eigenvalue weighted by Crippen LogP contribution is -2.20. The smallest absolute Gasteiger partial charge is 0.331 e. The van der Waals surface area contributed by atoms with Gasteiger partial charge >= 0.3 is 5.97 Å². The molecule has 124 valence electrons. The van der Waals surface area contributed by atoms with Gasteiger partial charge < -0.3 is 10.1 Å². The Morgan fingerprint density at radius 3 is 2.25 bits per heavy atom. The lowest BCUT2D eigenvalue weighted by Gasteiger charge is -2.06. The second-order valence-corrected chi connectivity index (χ2v) is 5.83. The molecule has 0 saturated heterocycles. The summed E-state index contributed by atoms with van der Waals surface area (Å²) < 4.78 is 4.85. The highest BCUT2D eigenvalue weighted by Crippen LogP contribution is 2.25. The van der Waals surface area contributed by atoms with E-state index in [-0.39, 0.29) is 0 Å². The van der Waals surface area contributed by atoms with Gasteiger partial charge in [-0.15, -0.1) is 0 Å². The highest BCUT2D eigenvalue weighted by atomic mass is 35.5. The van der Waals surface area contributed by atoms with Crippen molar-refractivity contribution >= 4 is 58.4 Å². The third-order valence-electron chi connectivity index (χ3n) is 2.88. The summed E-state index contributed by atoms with van der Waals surface area (Å²) in [6.45, 7) is -0.440. The van der Waals surface area contributed by atoms with Crippen molar-refractivity contribution in [2.45, 2.75) is 0 Å². The Labute approximate surface area is 154 Å². The molecule has 0 saturated carbocycles. The molecule has 0 atom stereocenters. The highest BCUT2D eigenvalue weighted by Gasteiger charge is 2.08. The lowest BCUT2D eigenvalue weighted by atomic mass is 10.2. The molecule has 7 heteroatoms. The van der Waals surface area contributed by atoms with E-state index in [1.807, 2.05) is 0 Å². The molecular formula is C17H12Cl3NO3. The molecule has 24 heavy (non-hydrogen) atoms. The van der Waals surface area contributed by atoms with Crippen LogP contribution >= 0.6 is 34.8 Å². The molecule has 2 rings (SSSR count). The van der Waals surface area contributed by atoms with E-state index in [0.29, 0.717) is 26.3 Å². The summed E-state index contributed by atoms with van der Waals surface area (Å²) in [5, 5.41) is 3.75. The van der Waals surface area contributed by atoms with E-state index in [1.54, 1.807) is 42.5 Å². The third kappa shape index (κ3) is 5.27. The molecule has 0 aromatic heterocycles. The summed E-state index contributed by atoms with van der Waals surface area (Å²) >= 11 is 17.9. The largest absolute Gasteiger partial charge is 0.452 e. The number of rotatable bonds is 5. The fourth-order valence-electron chi connectivity index (χ4n) is 1.75. The van der Waals surface area contributed by atoms with Crippen molar-refractivity contribution < 1.29 is 14.3 Å². The van der Waals surface area contributed by atoms with Crippen molar-refractivity contribution in [1.82, 2.24) is 0 Å². The van der Waals surface area contributed by atoms with Crippen molar-refractivity contribution in [2.75, 3.05) is 11.9 Å². The predicted octanol–water partition coefficient (Wildman–Crippen LogP) is 4.84. The first-order chi connectivity index (χ1) is 11.5. The Balaban J connectivity index is 1.88. The minimum absolute atomic E-state index is 0.394. The molecule has 0 fully saturated rings.